The van der Waals surface area contributed by atoms with Crippen LogP contribution in [-0.2, 0) is 16.2 Å². The molecule has 0 radical (unpaired) electrons. The fourth-order valence-corrected chi connectivity index (χ4v) is 3.42. The molecule has 1 aromatic heterocycles. The van der Waals surface area contributed by atoms with E-state index in [0.29, 0.717) is 6.54 Å². The van der Waals surface area contributed by atoms with E-state index in [1.165, 1.54) is 12.2 Å². The third kappa shape index (κ3) is 2.74. The molecule has 0 spiro atoms. The second kappa shape index (κ2) is 6.65. The van der Waals surface area contributed by atoms with Crippen molar-refractivity contribution in [2.24, 2.45) is 0 Å². The molecule has 26 heavy (non-hydrogen) atoms. The molecule has 132 valence electrons. The van der Waals surface area contributed by atoms with Crippen molar-refractivity contribution in [3.05, 3.63) is 71.9 Å². The second-order valence-electron chi connectivity index (χ2n) is 6.24. The van der Waals surface area contributed by atoms with E-state index in [1.807, 2.05) is 60.7 Å². The van der Waals surface area contributed by atoms with Gasteiger partial charge in [0.05, 0.1) is 24.7 Å². The van der Waals surface area contributed by atoms with E-state index in [2.05, 4.69) is 5.32 Å². The van der Waals surface area contributed by atoms with Crippen LogP contribution in [0.1, 0.15) is 23.7 Å². The molecule has 1 atom stereocenters. The highest BCUT2D eigenvalue weighted by Crippen LogP contribution is 2.36. The number of rotatable bonds is 5. The van der Waals surface area contributed by atoms with Gasteiger partial charge in [-0.1, -0.05) is 48.5 Å². The van der Waals surface area contributed by atoms with Gasteiger partial charge in [-0.25, -0.2) is 4.79 Å². The molecular formula is C20H19N3O3. The van der Waals surface area contributed by atoms with Crippen molar-refractivity contribution in [1.82, 2.24) is 14.9 Å². The van der Waals surface area contributed by atoms with Gasteiger partial charge in [-0.15, -0.1) is 0 Å². The van der Waals surface area contributed by atoms with Crippen molar-refractivity contribution in [3.8, 4) is 0 Å². The summed E-state index contributed by atoms with van der Waals surface area (Å²) >= 11 is 0. The Bertz CT molecular complexity index is 965. The molecule has 2 heterocycles. The van der Waals surface area contributed by atoms with Gasteiger partial charge in [-0.3, -0.25) is 14.2 Å². The average molecular weight is 349 g/mol. The number of hydroxylamine groups is 2. The van der Waals surface area contributed by atoms with E-state index >= 15 is 0 Å². The molecule has 1 unspecified atom stereocenters. The first-order valence-electron chi connectivity index (χ1n) is 8.47. The van der Waals surface area contributed by atoms with E-state index in [-0.39, 0.29) is 18.4 Å². The van der Waals surface area contributed by atoms with Crippen LogP contribution in [0.15, 0.2) is 60.7 Å². The third-order valence-electron chi connectivity index (χ3n) is 4.65. The zero-order valence-corrected chi connectivity index (χ0v) is 14.4. The van der Waals surface area contributed by atoms with Crippen LogP contribution in [0.3, 0.4) is 0 Å². The number of benzene rings is 2. The number of hydrogen-bond acceptors (Lipinski definition) is 3. The summed E-state index contributed by atoms with van der Waals surface area (Å²) in [6, 6.07) is 18.6. The van der Waals surface area contributed by atoms with Crippen LogP contribution in [0.4, 0.5) is 4.79 Å². The minimum Gasteiger partial charge on any atom is -0.352 e. The molecular weight excluding hydrogens is 330 g/mol. The molecule has 2 aromatic carbocycles. The number of nitrogens with one attached hydrogen (secondary N) is 1. The number of para-hydroxylation sites is 1. The molecule has 2 amide bonds. The van der Waals surface area contributed by atoms with Crippen molar-refractivity contribution < 1.29 is 14.4 Å². The standard InChI is InChI=1S/C20H19N3O3/c1-26-23-18(12-19(24)21-13-14-7-3-2-4-8-14)17-11-15-9-5-6-10-16(15)22(17)20(23)25/h2-11,18H,12-13H2,1H3,(H,21,24). The lowest BCUT2D eigenvalue weighted by Gasteiger charge is -2.20. The molecule has 0 fully saturated rings. The van der Waals surface area contributed by atoms with Crippen molar-refractivity contribution in [2.75, 3.05) is 7.11 Å². The number of aromatic nitrogens is 1. The van der Waals surface area contributed by atoms with Crippen LogP contribution in [0.5, 0.6) is 0 Å². The number of carbonyl (C=O) groups is 2. The van der Waals surface area contributed by atoms with Gasteiger partial charge < -0.3 is 5.32 Å². The topological polar surface area (TPSA) is 63.6 Å². The second-order valence-corrected chi connectivity index (χ2v) is 6.24. The summed E-state index contributed by atoms with van der Waals surface area (Å²) in [5.74, 6) is -0.132. The predicted octanol–water partition coefficient (Wildman–Crippen LogP) is 3.23. The smallest absolute Gasteiger partial charge is 0.352 e. The molecule has 0 saturated carbocycles. The lowest BCUT2D eigenvalue weighted by Crippen LogP contribution is -2.32. The van der Waals surface area contributed by atoms with E-state index in [4.69, 9.17) is 4.84 Å². The monoisotopic (exact) mass is 349 g/mol. The van der Waals surface area contributed by atoms with Gasteiger partial charge in [0, 0.05) is 11.9 Å². The van der Waals surface area contributed by atoms with Crippen LogP contribution in [-0.4, -0.2) is 28.7 Å². The number of carbonyl (C=O) groups excluding carboxylic acids is 2. The van der Waals surface area contributed by atoms with Gasteiger partial charge in [0.1, 0.15) is 6.04 Å². The maximum absolute atomic E-state index is 12.7. The van der Waals surface area contributed by atoms with Crippen LogP contribution in [0.2, 0.25) is 0 Å². The van der Waals surface area contributed by atoms with Crippen molar-refractivity contribution in [1.29, 1.82) is 0 Å². The van der Waals surface area contributed by atoms with Crippen LogP contribution < -0.4 is 5.32 Å². The average Bonchev–Trinajstić information content (AvgIpc) is 3.17. The molecule has 4 rings (SSSR count). The molecule has 1 aliphatic rings. The Morgan fingerprint density at radius 2 is 1.85 bits per heavy atom. The Kier molecular flexibility index (Phi) is 4.18. The van der Waals surface area contributed by atoms with Crippen LogP contribution >= 0.6 is 0 Å². The first-order chi connectivity index (χ1) is 12.7. The van der Waals surface area contributed by atoms with E-state index < -0.39 is 6.04 Å². The fourth-order valence-electron chi connectivity index (χ4n) is 3.42. The minimum absolute atomic E-state index is 0.132. The Balaban J connectivity index is 1.56. The summed E-state index contributed by atoms with van der Waals surface area (Å²) in [7, 11) is 1.45. The Labute approximate surface area is 150 Å². The molecule has 6 heteroatoms. The quantitative estimate of drug-likeness (QED) is 0.769. The Hall–Kier alpha value is -3.12. The lowest BCUT2D eigenvalue weighted by atomic mass is 10.1. The molecule has 0 saturated heterocycles. The van der Waals surface area contributed by atoms with E-state index in [1.54, 1.807) is 4.57 Å². The normalized spacial score (nSPS) is 16.1. The van der Waals surface area contributed by atoms with Gasteiger partial charge in [-0.05, 0) is 17.7 Å². The van der Waals surface area contributed by atoms with Gasteiger partial charge in [0.2, 0.25) is 5.91 Å². The Morgan fingerprint density at radius 3 is 2.62 bits per heavy atom. The molecule has 1 N–H and O–H groups in total. The van der Waals surface area contributed by atoms with Gasteiger partial charge in [0.25, 0.3) is 0 Å². The first-order valence-corrected chi connectivity index (χ1v) is 8.47. The van der Waals surface area contributed by atoms with Crippen molar-refractivity contribution in [2.45, 2.75) is 19.0 Å². The highest BCUT2D eigenvalue weighted by molar-refractivity contribution is 5.95. The highest BCUT2D eigenvalue weighted by atomic mass is 16.7. The van der Waals surface area contributed by atoms with Gasteiger partial charge in [0.15, 0.2) is 0 Å². The van der Waals surface area contributed by atoms with Gasteiger partial charge >= 0.3 is 6.03 Å². The SMILES string of the molecule is CON1C(=O)n2c(cc3ccccc32)C1CC(=O)NCc1ccccc1. The fraction of sp³-hybridized carbons (Fsp3) is 0.200. The molecule has 3 aromatic rings. The molecule has 6 nitrogen and oxygen atoms in total. The summed E-state index contributed by atoms with van der Waals surface area (Å²) in [6.07, 6.45) is 0.142. The summed E-state index contributed by atoms with van der Waals surface area (Å²) in [6.45, 7) is 0.455. The van der Waals surface area contributed by atoms with E-state index in [9.17, 15) is 9.59 Å². The van der Waals surface area contributed by atoms with Crippen molar-refractivity contribution >= 4 is 22.8 Å². The lowest BCUT2D eigenvalue weighted by molar-refractivity contribution is -0.132. The summed E-state index contributed by atoms with van der Waals surface area (Å²) < 4.78 is 1.62. The van der Waals surface area contributed by atoms with Gasteiger partial charge in [-0.2, -0.15) is 5.06 Å². The summed E-state index contributed by atoms with van der Waals surface area (Å²) in [5.41, 5.74) is 2.62. The zero-order chi connectivity index (χ0) is 18.1. The first kappa shape index (κ1) is 16.4. The maximum Gasteiger partial charge on any atom is 0.353 e. The Morgan fingerprint density at radius 1 is 1.12 bits per heavy atom. The largest absolute Gasteiger partial charge is 0.353 e. The van der Waals surface area contributed by atoms with E-state index in [0.717, 1.165) is 22.2 Å². The number of fused-ring (bicyclic) bond motifs is 3. The zero-order valence-electron chi connectivity index (χ0n) is 14.4. The predicted molar refractivity (Wildman–Crippen MR) is 97.2 cm³/mol. The highest BCUT2D eigenvalue weighted by Gasteiger charge is 2.40. The number of hydrogen-bond donors (Lipinski definition) is 1. The molecule has 0 aliphatic carbocycles. The summed E-state index contributed by atoms with van der Waals surface area (Å²) in [4.78, 5) is 30.4. The number of nitrogens with zero attached hydrogens (tertiary/aromatic N) is 2. The molecule has 1 aliphatic heterocycles. The third-order valence-corrected chi connectivity index (χ3v) is 4.65. The number of amides is 2. The summed E-state index contributed by atoms with van der Waals surface area (Å²) in [5, 5.41) is 5.15. The van der Waals surface area contributed by atoms with Crippen LogP contribution in [0.25, 0.3) is 10.9 Å². The maximum atomic E-state index is 12.7. The minimum atomic E-state index is -0.448. The van der Waals surface area contributed by atoms with Crippen LogP contribution in [0, 0.1) is 0 Å². The molecule has 0 bridgehead atoms. The van der Waals surface area contributed by atoms with Crippen molar-refractivity contribution in [3.63, 3.8) is 0 Å².